The van der Waals surface area contributed by atoms with Crippen LogP contribution in [0.25, 0.3) is 0 Å². The molecule has 2 aromatic rings. The van der Waals surface area contributed by atoms with Gasteiger partial charge in [-0.1, -0.05) is 12.1 Å². The highest BCUT2D eigenvalue weighted by Gasteiger charge is 2.05. The molecule has 0 fully saturated rings. The normalized spacial score (nSPS) is 9.65. The summed E-state index contributed by atoms with van der Waals surface area (Å²) < 4.78 is 5.58. The van der Waals surface area contributed by atoms with Gasteiger partial charge in [-0.15, -0.1) is 0 Å². The number of hydrogen-bond acceptors (Lipinski definition) is 3. The van der Waals surface area contributed by atoms with Crippen molar-refractivity contribution in [2.24, 2.45) is 0 Å². The van der Waals surface area contributed by atoms with E-state index in [0.29, 0.717) is 17.1 Å². The van der Waals surface area contributed by atoms with Gasteiger partial charge in [-0.2, -0.15) is 5.26 Å². The van der Waals surface area contributed by atoms with Crippen molar-refractivity contribution in [3.05, 3.63) is 53.6 Å². The van der Waals surface area contributed by atoms with Gasteiger partial charge in [0.05, 0.1) is 5.56 Å². The summed E-state index contributed by atoms with van der Waals surface area (Å²) in [5.41, 5.74) is 1.48. The molecule has 0 radical (unpaired) electrons. The lowest BCUT2D eigenvalue weighted by molar-refractivity contribution is 0.454. The maximum absolute atomic E-state index is 9.33. The number of benzene rings is 2. The van der Waals surface area contributed by atoms with Crippen molar-refractivity contribution in [3.8, 4) is 23.3 Å². The minimum absolute atomic E-state index is 0.133. The molecule has 0 unspecified atom stereocenters. The maximum Gasteiger partial charge on any atom is 0.145 e. The highest BCUT2D eigenvalue weighted by Crippen LogP contribution is 2.27. The molecule has 84 valence electrons. The van der Waals surface area contributed by atoms with Crippen LogP contribution < -0.4 is 4.74 Å². The predicted molar refractivity (Wildman–Crippen MR) is 64.1 cm³/mol. The van der Waals surface area contributed by atoms with Gasteiger partial charge in [-0.3, -0.25) is 0 Å². The minimum Gasteiger partial charge on any atom is -0.508 e. The third-order valence-corrected chi connectivity index (χ3v) is 2.30. The SMILES string of the molecule is Cc1ccc(C#N)c(Oc2cccc(O)c2)c1. The first-order valence-electron chi connectivity index (χ1n) is 5.16. The van der Waals surface area contributed by atoms with Gasteiger partial charge in [0.2, 0.25) is 0 Å². The Labute approximate surface area is 99.5 Å². The monoisotopic (exact) mass is 225 g/mol. The van der Waals surface area contributed by atoms with E-state index >= 15 is 0 Å². The first-order valence-corrected chi connectivity index (χ1v) is 5.16. The molecular weight excluding hydrogens is 214 g/mol. The van der Waals surface area contributed by atoms with E-state index in [1.54, 1.807) is 30.3 Å². The number of nitrogens with zero attached hydrogens (tertiary/aromatic N) is 1. The second kappa shape index (κ2) is 4.58. The molecule has 0 saturated carbocycles. The second-order valence-corrected chi connectivity index (χ2v) is 3.71. The Kier molecular flexibility index (Phi) is 2.97. The van der Waals surface area contributed by atoms with Crippen LogP contribution in [0.15, 0.2) is 42.5 Å². The molecule has 0 aliphatic heterocycles. The van der Waals surface area contributed by atoms with E-state index in [-0.39, 0.29) is 5.75 Å². The number of aromatic hydroxyl groups is 1. The lowest BCUT2D eigenvalue weighted by Crippen LogP contribution is -1.89. The van der Waals surface area contributed by atoms with Gasteiger partial charge in [0.15, 0.2) is 0 Å². The summed E-state index contributed by atoms with van der Waals surface area (Å²) in [6.07, 6.45) is 0. The highest BCUT2D eigenvalue weighted by molar-refractivity contribution is 5.47. The molecule has 0 amide bonds. The molecule has 1 N–H and O–H groups in total. The molecule has 0 spiro atoms. The fourth-order valence-electron chi connectivity index (χ4n) is 1.48. The first-order chi connectivity index (χ1) is 8.19. The van der Waals surface area contributed by atoms with Gasteiger partial charge in [0.1, 0.15) is 23.3 Å². The summed E-state index contributed by atoms with van der Waals surface area (Å²) in [4.78, 5) is 0. The van der Waals surface area contributed by atoms with Crippen molar-refractivity contribution in [2.45, 2.75) is 6.92 Å². The maximum atomic E-state index is 9.33. The molecule has 0 bridgehead atoms. The summed E-state index contributed by atoms with van der Waals surface area (Å²) >= 11 is 0. The zero-order valence-corrected chi connectivity index (χ0v) is 9.34. The molecule has 3 heteroatoms. The Balaban J connectivity index is 2.36. The smallest absolute Gasteiger partial charge is 0.145 e. The summed E-state index contributed by atoms with van der Waals surface area (Å²) in [5, 5.41) is 18.3. The Bertz CT molecular complexity index is 585. The van der Waals surface area contributed by atoms with Gasteiger partial charge in [0.25, 0.3) is 0 Å². The summed E-state index contributed by atoms with van der Waals surface area (Å²) in [6.45, 7) is 1.93. The number of aryl methyl sites for hydroxylation is 1. The van der Waals surface area contributed by atoms with Crippen LogP contribution in [0.5, 0.6) is 17.2 Å². The fraction of sp³-hybridized carbons (Fsp3) is 0.0714. The Hall–Kier alpha value is -2.47. The Morgan fingerprint density at radius 2 is 2.00 bits per heavy atom. The first kappa shape index (κ1) is 11.0. The van der Waals surface area contributed by atoms with E-state index in [0.717, 1.165) is 5.56 Å². The van der Waals surface area contributed by atoms with Crippen LogP contribution >= 0.6 is 0 Å². The molecule has 2 aromatic carbocycles. The lowest BCUT2D eigenvalue weighted by Gasteiger charge is -2.08. The zero-order valence-electron chi connectivity index (χ0n) is 9.34. The van der Waals surface area contributed by atoms with Crippen molar-refractivity contribution in [1.29, 1.82) is 5.26 Å². The van der Waals surface area contributed by atoms with Gasteiger partial charge < -0.3 is 9.84 Å². The summed E-state index contributed by atoms with van der Waals surface area (Å²) in [7, 11) is 0. The van der Waals surface area contributed by atoms with Gasteiger partial charge >= 0.3 is 0 Å². The van der Waals surface area contributed by atoms with E-state index in [4.69, 9.17) is 10.00 Å². The van der Waals surface area contributed by atoms with Gasteiger partial charge in [-0.25, -0.2) is 0 Å². The highest BCUT2D eigenvalue weighted by atomic mass is 16.5. The van der Waals surface area contributed by atoms with E-state index in [2.05, 4.69) is 6.07 Å². The molecule has 0 heterocycles. The molecule has 0 aliphatic rings. The van der Waals surface area contributed by atoms with Gasteiger partial charge in [-0.05, 0) is 36.8 Å². The van der Waals surface area contributed by atoms with Gasteiger partial charge in [0, 0.05) is 6.07 Å². The minimum atomic E-state index is 0.133. The molecule has 0 aromatic heterocycles. The van der Waals surface area contributed by atoms with Crippen molar-refractivity contribution in [3.63, 3.8) is 0 Å². The van der Waals surface area contributed by atoms with Crippen molar-refractivity contribution >= 4 is 0 Å². The van der Waals surface area contributed by atoms with Crippen molar-refractivity contribution in [2.75, 3.05) is 0 Å². The number of ether oxygens (including phenoxy) is 1. The van der Waals surface area contributed by atoms with Crippen LogP contribution in [-0.4, -0.2) is 5.11 Å². The summed E-state index contributed by atoms with van der Waals surface area (Å²) in [6, 6.07) is 13.9. The molecule has 0 atom stereocenters. The average molecular weight is 225 g/mol. The van der Waals surface area contributed by atoms with Crippen LogP contribution in [0.4, 0.5) is 0 Å². The summed E-state index contributed by atoms with van der Waals surface area (Å²) in [5.74, 6) is 1.14. The standard InChI is InChI=1S/C14H11NO2/c1-10-5-6-11(9-15)14(7-10)17-13-4-2-3-12(16)8-13/h2-8,16H,1H3. The second-order valence-electron chi connectivity index (χ2n) is 3.71. The number of phenols is 1. The average Bonchev–Trinajstić information content (AvgIpc) is 2.29. The fourth-order valence-corrected chi connectivity index (χ4v) is 1.48. The van der Waals surface area contributed by atoms with Crippen LogP contribution in [0.2, 0.25) is 0 Å². The third kappa shape index (κ3) is 2.56. The Morgan fingerprint density at radius 1 is 1.18 bits per heavy atom. The Morgan fingerprint density at radius 3 is 2.71 bits per heavy atom. The van der Waals surface area contributed by atoms with E-state index < -0.39 is 0 Å². The predicted octanol–water partition coefficient (Wildman–Crippen LogP) is 3.36. The molecular formula is C14H11NO2. The molecule has 2 rings (SSSR count). The van der Waals surface area contributed by atoms with Crippen molar-refractivity contribution in [1.82, 2.24) is 0 Å². The van der Waals surface area contributed by atoms with Crippen LogP contribution in [0.1, 0.15) is 11.1 Å². The number of hydrogen-bond donors (Lipinski definition) is 1. The molecule has 3 nitrogen and oxygen atoms in total. The molecule has 0 aliphatic carbocycles. The quantitative estimate of drug-likeness (QED) is 0.852. The molecule has 0 saturated heterocycles. The van der Waals surface area contributed by atoms with Crippen molar-refractivity contribution < 1.29 is 9.84 Å². The number of nitriles is 1. The lowest BCUT2D eigenvalue weighted by atomic mass is 10.1. The zero-order chi connectivity index (χ0) is 12.3. The van der Waals surface area contributed by atoms with E-state index in [9.17, 15) is 5.11 Å². The van der Waals surface area contributed by atoms with Crippen LogP contribution in [-0.2, 0) is 0 Å². The van der Waals surface area contributed by atoms with Crippen LogP contribution in [0.3, 0.4) is 0 Å². The van der Waals surface area contributed by atoms with E-state index in [1.165, 1.54) is 6.07 Å². The third-order valence-electron chi connectivity index (χ3n) is 2.30. The largest absolute Gasteiger partial charge is 0.508 e. The number of rotatable bonds is 2. The topological polar surface area (TPSA) is 53.2 Å². The van der Waals surface area contributed by atoms with E-state index in [1.807, 2.05) is 13.0 Å². The molecule has 17 heavy (non-hydrogen) atoms. The van der Waals surface area contributed by atoms with Crippen LogP contribution in [0, 0.1) is 18.3 Å². The number of phenolic OH excluding ortho intramolecular Hbond substituents is 1.